The molecule has 140 valence electrons. The molecule has 7 heteroatoms. The smallest absolute Gasteiger partial charge is 0.219 e. The molecule has 0 aliphatic heterocycles. The molecule has 0 fully saturated rings. The molecule has 3 N–H and O–H groups in total. The maximum Gasteiger partial charge on any atom is 0.219 e. The Morgan fingerprint density at radius 3 is 2.30 bits per heavy atom. The van der Waals surface area contributed by atoms with Gasteiger partial charge in [-0.25, -0.2) is 17.9 Å². The van der Waals surface area contributed by atoms with Crippen LogP contribution in [0, 0.1) is 5.82 Å². The molecule has 5 nitrogen and oxygen atoms in total. The fourth-order valence-corrected chi connectivity index (χ4v) is 3.81. The highest BCUT2D eigenvalue weighted by Gasteiger charge is 2.39. The third kappa shape index (κ3) is 3.70. The standard InChI is InChI=1S/C20H19FN2O3S/c1-20(27(22,25)26,14-7-3-2-4-8-14)13-15-11-12-18(23-15)19(24)16-9-5-6-10-17(16)21/h2-12,23H,13H2,1H3,(H2,22,25,26). The normalized spacial score (nSPS) is 13.9. The maximum atomic E-state index is 13.9. The first-order chi connectivity index (χ1) is 12.7. The highest BCUT2D eigenvalue weighted by molar-refractivity contribution is 7.90. The van der Waals surface area contributed by atoms with E-state index in [-0.39, 0.29) is 17.7 Å². The summed E-state index contributed by atoms with van der Waals surface area (Å²) in [6.45, 7) is 1.54. The molecule has 0 amide bonds. The molecule has 0 radical (unpaired) electrons. The lowest BCUT2D eigenvalue weighted by atomic mass is 9.95. The lowest BCUT2D eigenvalue weighted by Gasteiger charge is -2.27. The number of benzene rings is 2. The molecule has 1 unspecified atom stereocenters. The third-order valence-electron chi connectivity index (χ3n) is 4.65. The van der Waals surface area contributed by atoms with Gasteiger partial charge in [0, 0.05) is 12.1 Å². The Morgan fingerprint density at radius 1 is 1.04 bits per heavy atom. The monoisotopic (exact) mass is 386 g/mol. The summed E-state index contributed by atoms with van der Waals surface area (Å²) in [5.74, 6) is -1.12. The summed E-state index contributed by atoms with van der Waals surface area (Å²) in [7, 11) is -3.95. The molecule has 1 heterocycles. The molecule has 0 aliphatic carbocycles. The number of carbonyl (C=O) groups excluding carboxylic acids is 1. The van der Waals surface area contributed by atoms with Crippen LogP contribution < -0.4 is 5.14 Å². The maximum absolute atomic E-state index is 13.9. The Hall–Kier alpha value is -2.77. The minimum Gasteiger partial charge on any atom is -0.356 e. The molecular weight excluding hydrogens is 367 g/mol. The Morgan fingerprint density at radius 2 is 1.67 bits per heavy atom. The zero-order valence-electron chi connectivity index (χ0n) is 14.6. The van der Waals surface area contributed by atoms with Crippen molar-refractivity contribution in [2.45, 2.75) is 18.1 Å². The summed E-state index contributed by atoms with van der Waals surface area (Å²) in [5, 5.41) is 5.51. The second kappa shape index (κ2) is 7.09. The Kier molecular flexibility index (Phi) is 4.99. The number of carbonyl (C=O) groups is 1. The van der Waals surface area contributed by atoms with Crippen molar-refractivity contribution in [2.24, 2.45) is 5.14 Å². The summed E-state index contributed by atoms with van der Waals surface area (Å²) in [6, 6.07) is 17.5. The highest BCUT2D eigenvalue weighted by atomic mass is 32.2. The van der Waals surface area contributed by atoms with Crippen molar-refractivity contribution in [2.75, 3.05) is 0 Å². The summed E-state index contributed by atoms with van der Waals surface area (Å²) < 4.78 is 37.1. The van der Waals surface area contributed by atoms with Gasteiger partial charge in [-0.3, -0.25) is 4.79 Å². The van der Waals surface area contributed by atoms with Gasteiger partial charge < -0.3 is 4.98 Å². The average molecular weight is 386 g/mol. The third-order valence-corrected chi connectivity index (χ3v) is 6.29. The zero-order chi connectivity index (χ0) is 19.7. The van der Waals surface area contributed by atoms with Crippen molar-refractivity contribution in [1.82, 2.24) is 4.98 Å². The quantitative estimate of drug-likeness (QED) is 0.638. The van der Waals surface area contributed by atoms with Gasteiger partial charge in [-0.1, -0.05) is 42.5 Å². The van der Waals surface area contributed by atoms with E-state index in [1.54, 1.807) is 42.5 Å². The van der Waals surface area contributed by atoms with Crippen molar-refractivity contribution in [3.63, 3.8) is 0 Å². The second-order valence-corrected chi connectivity index (χ2v) is 8.52. The van der Waals surface area contributed by atoms with Crippen molar-refractivity contribution in [1.29, 1.82) is 0 Å². The molecule has 0 saturated heterocycles. The van der Waals surface area contributed by atoms with E-state index in [4.69, 9.17) is 5.14 Å². The largest absolute Gasteiger partial charge is 0.356 e. The molecule has 3 rings (SSSR count). The predicted molar refractivity (Wildman–Crippen MR) is 101 cm³/mol. The van der Waals surface area contributed by atoms with Gasteiger partial charge in [0.05, 0.1) is 11.3 Å². The van der Waals surface area contributed by atoms with Crippen LogP contribution >= 0.6 is 0 Å². The first-order valence-corrected chi connectivity index (χ1v) is 9.82. The number of hydrogen-bond acceptors (Lipinski definition) is 3. The van der Waals surface area contributed by atoms with Crippen molar-refractivity contribution >= 4 is 15.8 Å². The Balaban J connectivity index is 1.94. The minimum absolute atomic E-state index is 0.0421. The average Bonchev–Trinajstić information content (AvgIpc) is 3.09. The highest BCUT2D eigenvalue weighted by Crippen LogP contribution is 2.32. The van der Waals surface area contributed by atoms with Crippen LogP contribution in [0.4, 0.5) is 4.39 Å². The van der Waals surface area contributed by atoms with Crippen LogP contribution in [0.2, 0.25) is 0 Å². The van der Waals surface area contributed by atoms with E-state index < -0.39 is 26.4 Å². The van der Waals surface area contributed by atoms with E-state index in [0.717, 1.165) is 0 Å². The lowest BCUT2D eigenvalue weighted by Crippen LogP contribution is -2.40. The van der Waals surface area contributed by atoms with E-state index in [0.29, 0.717) is 11.3 Å². The number of ketones is 1. The van der Waals surface area contributed by atoms with Crippen LogP contribution in [-0.4, -0.2) is 19.2 Å². The summed E-state index contributed by atoms with van der Waals surface area (Å²) in [5.41, 5.74) is 1.18. The van der Waals surface area contributed by atoms with Crippen LogP contribution in [0.1, 0.15) is 34.2 Å². The van der Waals surface area contributed by atoms with E-state index in [1.165, 1.54) is 31.2 Å². The van der Waals surface area contributed by atoms with Gasteiger partial charge in [-0.05, 0) is 36.8 Å². The van der Waals surface area contributed by atoms with Gasteiger partial charge in [-0.2, -0.15) is 0 Å². The molecule has 1 aromatic heterocycles. The number of aromatic amines is 1. The number of nitrogens with two attached hydrogens (primary N) is 1. The molecular formula is C20H19FN2O3S. The number of nitrogens with one attached hydrogen (secondary N) is 1. The fraction of sp³-hybridized carbons (Fsp3) is 0.150. The SMILES string of the molecule is CC(Cc1ccc(C(=O)c2ccccc2F)[nH]1)(c1ccccc1)S(N)(=O)=O. The van der Waals surface area contributed by atoms with Crippen LogP contribution in [0.25, 0.3) is 0 Å². The molecule has 0 aliphatic rings. The van der Waals surface area contributed by atoms with E-state index in [2.05, 4.69) is 4.98 Å². The first kappa shape index (κ1) is 19.0. The van der Waals surface area contributed by atoms with Crippen molar-refractivity contribution in [3.05, 3.63) is 95.1 Å². The van der Waals surface area contributed by atoms with Crippen molar-refractivity contribution in [3.8, 4) is 0 Å². The number of hydrogen-bond donors (Lipinski definition) is 2. The van der Waals surface area contributed by atoms with Crippen LogP contribution in [0.3, 0.4) is 0 Å². The number of H-pyrrole nitrogens is 1. The minimum atomic E-state index is -3.95. The van der Waals surface area contributed by atoms with E-state index in [1.807, 2.05) is 0 Å². The summed E-state index contributed by atoms with van der Waals surface area (Å²) in [4.78, 5) is 15.4. The van der Waals surface area contributed by atoms with E-state index in [9.17, 15) is 17.6 Å². The van der Waals surface area contributed by atoms with Crippen LogP contribution in [0.5, 0.6) is 0 Å². The molecule has 27 heavy (non-hydrogen) atoms. The molecule has 0 spiro atoms. The van der Waals surface area contributed by atoms with Gasteiger partial charge in [0.2, 0.25) is 15.8 Å². The number of aromatic nitrogens is 1. The number of primary sulfonamides is 1. The van der Waals surface area contributed by atoms with Crippen LogP contribution in [0.15, 0.2) is 66.7 Å². The number of rotatable bonds is 6. The summed E-state index contributed by atoms with van der Waals surface area (Å²) in [6.07, 6.45) is 0.0421. The fourth-order valence-electron chi connectivity index (χ4n) is 2.99. The van der Waals surface area contributed by atoms with Gasteiger partial charge in [0.1, 0.15) is 10.6 Å². The van der Waals surface area contributed by atoms with Crippen molar-refractivity contribution < 1.29 is 17.6 Å². The predicted octanol–water partition coefficient (Wildman–Crippen LogP) is 3.13. The topological polar surface area (TPSA) is 93.0 Å². The Bertz CT molecular complexity index is 1080. The first-order valence-electron chi connectivity index (χ1n) is 8.27. The lowest BCUT2D eigenvalue weighted by molar-refractivity contribution is 0.103. The van der Waals surface area contributed by atoms with Gasteiger partial charge >= 0.3 is 0 Å². The van der Waals surface area contributed by atoms with Gasteiger partial charge in [0.15, 0.2) is 0 Å². The molecule has 2 aromatic carbocycles. The Labute approximate surface area is 157 Å². The molecule has 3 aromatic rings. The number of halogens is 1. The second-order valence-electron chi connectivity index (χ2n) is 6.52. The van der Waals surface area contributed by atoms with Gasteiger partial charge in [0.25, 0.3) is 0 Å². The van der Waals surface area contributed by atoms with E-state index >= 15 is 0 Å². The molecule has 0 saturated carbocycles. The van der Waals surface area contributed by atoms with Gasteiger partial charge in [-0.15, -0.1) is 0 Å². The number of sulfonamides is 1. The summed E-state index contributed by atoms with van der Waals surface area (Å²) >= 11 is 0. The molecule has 0 bridgehead atoms. The molecule has 1 atom stereocenters. The zero-order valence-corrected chi connectivity index (χ0v) is 15.5. The van der Waals surface area contributed by atoms with Crippen LogP contribution in [-0.2, 0) is 21.2 Å².